The minimum atomic E-state index is 0.132. The summed E-state index contributed by atoms with van der Waals surface area (Å²) in [6.45, 7) is 4.45. The number of hydrogen-bond acceptors (Lipinski definition) is 2. The molecule has 1 aliphatic rings. The van der Waals surface area contributed by atoms with Crippen LogP contribution in [0.1, 0.15) is 36.8 Å². The molecule has 0 saturated heterocycles. The van der Waals surface area contributed by atoms with Crippen molar-refractivity contribution in [3.05, 3.63) is 35.4 Å². The summed E-state index contributed by atoms with van der Waals surface area (Å²) in [5.41, 5.74) is 2.47. The second-order valence-corrected chi connectivity index (χ2v) is 5.71. The first kappa shape index (κ1) is 15.0. The smallest absolute Gasteiger partial charge is 0.220 e. The van der Waals surface area contributed by atoms with E-state index in [4.69, 9.17) is 4.74 Å². The number of carbonyl (C=O) groups excluding carboxylic acids is 1. The maximum absolute atomic E-state index is 11.7. The lowest BCUT2D eigenvalue weighted by atomic mass is 10.1. The molecule has 1 fully saturated rings. The fraction of sp³-hybridized carbons (Fsp3) is 0.588. The molecule has 0 unspecified atom stereocenters. The van der Waals surface area contributed by atoms with E-state index in [1.165, 1.54) is 24.0 Å². The summed E-state index contributed by atoms with van der Waals surface area (Å²) in [6.07, 6.45) is 4.94. The van der Waals surface area contributed by atoms with Gasteiger partial charge in [-0.25, -0.2) is 0 Å². The van der Waals surface area contributed by atoms with Crippen molar-refractivity contribution in [2.24, 2.45) is 5.92 Å². The number of nitrogens with one attached hydrogen (secondary N) is 1. The van der Waals surface area contributed by atoms with Gasteiger partial charge in [0.05, 0.1) is 0 Å². The van der Waals surface area contributed by atoms with Crippen molar-refractivity contribution in [2.45, 2.75) is 39.0 Å². The molecule has 0 aromatic heterocycles. The molecule has 0 radical (unpaired) electrons. The van der Waals surface area contributed by atoms with Crippen LogP contribution in [0, 0.1) is 12.8 Å². The van der Waals surface area contributed by atoms with Gasteiger partial charge in [-0.3, -0.25) is 4.79 Å². The molecule has 1 amide bonds. The zero-order chi connectivity index (χ0) is 14.2. The van der Waals surface area contributed by atoms with E-state index in [0.29, 0.717) is 6.42 Å². The first-order valence-corrected chi connectivity index (χ1v) is 7.64. The number of benzene rings is 1. The Kier molecular flexibility index (Phi) is 6.06. The van der Waals surface area contributed by atoms with Gasteiger partial charge in [-0.05, 0) is 44.1 Å². The van der Waals surface area contributed by atoms with E-state index < -0.39 is 0 Å². The van der Waals surface area contributed by atoms with Crippen LogP contribution < -0.4 is 5.32 Å². The van der Waals surface area contributed by atoms with Gasteiger partial charge in [0, 0.05) is 26.2 Å². The first-order valence-electron chi connectivity index (χ1n) is 7.64. The van der Waals surface area contributed by atoms with Crippen LogP contribution in [0.25, 0.3) is 0 Å². The minimum absolute atomic E-state index is 0.132. The van der Waals surface area contributed by atoms with Crippen LogP contribution in [0.2, 0.25) is 0 Å². The second-order valence-electron chi connectivity index (χ2n) is 5.71. The molecule has 110 valence electrons. The summed E-state index contributed by atoms with van der Waals surface area (Å²) in [7, 11) is 0. The highest BCUT2D eigenvalue weighted by Gasteiger charge is 2.20. The normalized spacial score (nSPS) is 14.2. The predicted molar refractivity (Wildman–Crippen MR) is 80.7 cm³/mol. The number of amides is 1. The van der Waals surface area contributed by atoms with Gasteiger partial charge in [0.1, 0.15) is 0 Å². The van der Waals surface area contributed by atoms with E-state index in [2.05, 4.69) is 36.5 Å². The Morgan fingerprint density at radius 2 is 2.05 bits per heavy atom. The molecule has 2 rings (SSSR count). The summed E-state index contributed by atoms with van der Waals surface area (Å²) >= 11 is 0. The van der Waals surface area contributed by atoms with E-state index in [1.807, 2.05) is 0 Å². The number of aryl methyl sites for hydroxylation is 2. The molecule has 1 saturated carbocycles. The third kappa shape index (κ3) is 6.20. The number of hydrogen-bond donors (Lipinski definition) is 1. The van der Waals surface area contributed by atoms with Crippen molar-refractivity contribution in [3.8, 4) is 0 Å². The van der Waals surface area contributed by atoms with Gasteiger partial charge in [-0.2, -0.15) is 0 Å². The van der Waals surface area contributed by atoms with Crippen molar-refractivity contribution in [1.82, 2.24) is 5.32 Å². The highest BCUT2D eigenvalue weighted by Crippen LogP contribution is 2.28. The van der Waals surface area contributed by atoms with Crippen LogP contribution in [0.5, 0.6) is 0 Å². The third-order valence-corrected chi connectivity index (χ3v) is 3.60. The van der Waals surface area contributed by atoms with Crippen molar-refractivity contribution in [3.63, 3.8) is 0 Å². The lowest BCUT2D eigenvalue weighted by Crippen LogP contribution is -2.25. The molecule has 3 heteroatoms. The molecule has 3 nitrogen and oxygen atoms in total. The quantitative estimate of drug-likeness (QED) is 0.704. The monoisotopic (exact) mass is 275 g/mol. The van der Waals surface area contributed by atoms with Gasteiger partial charge >= 0.3 is 0 Å². The summed E-state index contributed by atoms with van der Waals surface area (Å²) in [5.74, 6) is 0.951. The molecule has 0 atom stereocenters. The molecule has 0 spiro atoms. The molecule has 1 N–H and O–H groups in total. The summed E-state index contributed by atoms with van der Waals surface area (Å²) in [6, 6.07) is 8.36. The zero-order valence-corrected chi connectivity index (χ0v) is 12.4. The molecular formula is C17H25NO2. The maximum atomic E-state index is 11.7. The Hall–Kier alpha value is -1.35. The van der Waals surface area contributed by atoms with E-state index in [9.17, 15) is 4.79 Å². The maximum Gasteiger partial charge on any atom is 0.220 e. The lowest BCUT2D eigenvalue weighted by molar-refractivity contribution is -0.121. The van der Waals surface area contributed by atoms with E-state index in [1.54, 1.807) is 0 Å². The van der Waals surface area contributed by atoms with Crippen molar-refractivity contribution in [2.75, 3.05) is 19.8 Å². The Bertz CT molecular complexity index is 410. The summed E-state index contributed by atoms with van der Waals surface area (Å²) in [4.78, 5) is 11.7. The van der Waals surface area contributed by atoms with E-state index >= 15 is 0 Å². The fourth-order valence-electron chi connectivity index (χ4n) is 2.04. The molecule has 0 aliphatic heterocycles. The Morgan fingerprint density at radius 1 is 1.30 bits per heavy atom. The van der Waals surface area contributed by atoms with Gasteiger partial charge in [0.25, 0.3) is 0 Å². The number of ether oxygens (including phenoxy) is 1. The van der Waals surface area contributed by atoms with Crippen molar-refractivity contribution >= 4 is 5.91 Å². The summed E-state index contributed by atoms with van der Waals surface area (Å²) < 4.78 is 5.53. The minimum Gasteiger partial charge on any atom is -0.381 e. The molecule has 1 aromatic rings. The predicted octanol–water partition coefficient (Wildman–Crippen LogP) is 2.86. The molecule has 1 aromatic carbocycles. The molecular weight excluding hydrogens is 250 g/mol. The second kappa shape index (κ2) is 8.05. The highest BCUT2D eigenvalue weighted by molar-refractivity contribution is 5.76. The number of carbonyl (C=O) groups is 1. The SMILES string of the molecule is Cc1ccc(CCC(=O)NCCCOCC2CC2)cc1. The molecule has 20 heavy (non-hydrogen) atoms. The van der Waals surface area contributed by atoms with Crippen LogP contribution >= 0.6 is 0 Å². The van der Waals surface area contributed by atoms with Crippen LogP contribution in [-0.2, 0) is 16.0 Å². The van der Waals surface area contributed by atoms with Gasteiger partial charge in [0.15, 0.2) is 0 Å². The van der Waals surface area contributed by atoms with Crippen molar-refractivity contribution in [1.29, 1.82) is 0 Å². The summed E-state index contributed by atoms with van der Waals surface area (Å²) in [5, 5.41) is 2.95. The molecule has 0 bridgehead atoms. The van der Waals surface area contributed by atoms with E-state index in [-0.39, 0.29) is 5.91 Å². The Labute approximate surface area is 121 Å². The Morgan fingerprint density at radius 3 is 2.75 bits per heavy atom. The third-order valence-electron chi connectivity index (χ3n) is 3.60. The van der Waals surface area contributed by atoms with Gasteiger partial charge in [-0.15, -0.1) is 0 Å². The highest BCUT2D eigenvalue weighted by atomic mass is 16.5. The van der Waals surface area contributed by atoms with Gasteiger partial charge in [0.2, 0.25) is 5.91 Å². The average Bonchev–Trinajstić information content (AvgIpc) is 3.26. The average molecular weight is 275 g/mol. The largest absolute Gasteiger partial charge is 0.381 e. The zero-order valence-electron chi connectivity index (χ0n) is 12.4. The van der Waals surface area contributed by atoms with Crippen LogP contribution in [-0.4, -0.2) is 25.7 Å². The Balaban J connectivity index is 1.48. The molecule has 0 heterocycles. The van der Waals surface area contributed by atoms with E-state index in [0.717, 1.165) is 38.5 Å². The fourth-order valence-corrected chi connectivity index (χ4v) is 2.04. The number of rotatable bonds is 9. The van der Waals surface area contributed by atoms with Gasteiger partial charge in [-0.1, -0.05) is 29.8 Å². The van der Waals surface area contributed by atoms with Crippen LogP contribution in [0.4, 0.5) is 0 Å². The topological polar surface area (TPSA) is 38.3 Å². The standard InChI is InChI=1S/C17H25NO2/c1-14-3-5-15(6-4-14)9-10-17(19)18-11-2-12-20-13-16-7-8-16/h3-6,16H,2,7-13H2,1H3,(H,18,19). The van der Waals surface area contributed by atoms with Crippen molar-refractivity contribution < 1.29 is 9.53 Å². The first-order chi connectivity index (χ1) is 9.74. The van der Waals surface area contributed by atoms with Crippen LogP contribution in [0.15, 0.2) is 24.3 Å². The van der Waals surface area contributed by atoms with Crippen LogP contribution in [0.3, 0.4) is 0 Å². The van der Waals surface area contributed by atoms with Gasteiger partial charge < -0.3 is 10.1 Å². The lowest BCUT2D eigenvalue weighted by Gasteiger charge is -2.06. The molecule has 1 aliphatic carbocycles.